The van der Waals surface area contributed by atoms with Gasteiger partial charge in [0, 0.05) is 95.4 Å². The first kappa shape index (κ1) is 74.6. The molecule has 0 bridgehead atoms. The van der Waals surface area contributed by atoms with Crippen LogP contribution in [-0.2, 0) is 66.9 Å². The highest BCUT2D eigenvalue weighted by Crippen LogP contribution is 2.25. The molecule has 466 valence electrons. The molecule has 0 radical (unpaired) electrons. The lowest BCUT2D eigenvalue weighted by Crippen LogP contribution is -2.41. The Hall–Kier alpha value is -4.46. The van der Waals surface area contributed by atoms with Crippen molar-refractivity contribution in [2.75, 3.05) is 72.5 Å². The molecule has 0 aromatic rings. The van der Waals surface area contributed by atoms with Crippen molar-refractivity contribution in [3.05, 3.63) is 0 Å². The fraction of sp³-hybridized carbons (Fsp3) is 0.839. The van der Waals surface area contributed by atoms with Crippen LogP contribution in [0.25, 0.3) is 0 Å². The van der Waals surface area contributed by atoms with Crippen molar-refractivity contribution in [2.24, 2.45) is 17.8 Å². The number of carbonyl (C=O) groups is 10. The summed E-state index contributed by atoms with van der Waals surface area (Å²) in [6.45, 7) is 7.82. The van der Waals surface area contributed by atoms with E-state index in [9.17, 15) is 53.1 Å². The number of carbonyl (C=O) groups excluding carboxylic acids is 9. The van der Waals surface area contributed by atoms with Gasteiger partial charge in [0.1, 0.15) is 48.2 Å². The topological polar surface area (TPSA) is 276 Å². The summed E-state index contributed by atoms with van der Waals surface area (Å²) < 4.78 is 21.7. The van der Waals surface area contributed by atoms with E-state index >= 15 is 0 Å². The molecule has 5 N–H and O–H groups in total. The van der Waals surface area contributed by atoms with E-state index in [4.69, 9.17) is 18.9 Å². The molecule has 0 aromatic heterocycles. The normalized spacial score (nSPS) is 16.4. The Bertz CT molecular complexity index is 1780. The third-order valence-corrected chi connectivity index (χ3v) is 15.1. The highest BCUT2D eigenvalue weighted by atomic mass is 16.5. The molecule has 19 heteroatoms. The van der Waals surface area contributed by atoms with E-state index in [1.54, 1.807) is 0 Å². The van der Waals surface area contributed by atoms with Gasteiger partial charge in [0.15, 0.2) is 0 Å². The lowest BCUT2D eigenvalue weighted by molar-refractivity contribution is -0.142. The summed E-state index contributed by atoms with van der Waals surface area (Å²) in [5, 5.41) is 20.5. The van der Waals surface area contributed by atoms with Crippen molar-refractivity contribution < 1.29 is 72.0 Å². The molecule has 0 saturated carbocycles. The molecule has 1 fully saturated rings. The zero-order valence-corrected chi connectivity index (χ0v) is 50.3. The summed E-state index contributed by atoms with van der Waals surface area (Å²) >= 11 is 0. The highest BCUT2D eigenvalue weighted by Gasteiger charge is 2.26. The van der Waals surface area contributed by atoms with E-state index in [0.29, 0.717) is 83.9 Å². The number of carboxylic acid groups (broad SMARTS) is 1. The van der Waals surface area contributed by atoms with Gasteiger partial charge in [-0.3, -0.25) is 43.2 Å². The van der Waals surface area contributed by atoms with Gasteiger partial charge in [-0.05, 0) is 77.6 Å². The number of Topliss-reactive ketones (excluding diaryl/α,β-unsaturated/α-hetero) is 5. The highest BCUT2D eigenvalue weighted by molar-refractivity contribution is 5.87. The summed E-state index contributed by atoms with van der Waals surface area (Å²) in [7, 11) is 0. The van der Waals surface area contributed by atoms with Gasteiger partial charge in [0.05, 0.1) is 33.0 Å². The Kier molecular flexibility index (Phi) is 47.1. The van der Waals surface area contributed by atoms with E-state index in [1.807, 2.05) is 6.92 Å². The third kappa shape index (κ3) is 43.8. The fourth-order valence-electron chi connectivity index (χ4n) is 9.88. The smallest absolute Gasteiger partial charge is 0.326 e. The molecule has 1 unspecified atom stereocenters. The molecule has 1 aliphatic heterocycles. The second kappa shape index (κ2) is 51.2. The molecule has 4 atom stereocenters. The number of aliphatic carboxylic acids is 1. The first-order valence-corrected chi connectivity index (χ1v) is 31.4. The standard InChI is InChI=1S/C62H108N4O15/c1-4-6-7-8-9-10-11-12-13-14-15-16-17-18-19-27-59(73)66-55(62(76)77)34-33-54(69)26-23-41-78-43-45-80-48-61(75)65-40-42-79-44-46-81-47-60(74)64-38-21-20-24-50(5-2)56(70)36-30-52-31-37-58(72)63-39-22-25-53(68)32-28-51(49(3)67)29-35-57(52)71/h50-52,55H,4-48H2,1-3H3,(H,63,72)(H,64,74)(H,65,75)(H,66,73)(H,76,77)/t50-,51+,52-,55?/m0/s1. The maximum absolute atomic E-state index is 13.3. The van der Waals surface area contributed by atoms with Gasteiger partial charge in [-0.1, -0.05) is 110 Å². The van der Waals surface area contributed by atoms with Gasteiger partial charge in [0.2, 0.25) is 23.6 Å². The number of nitrogens with one attached hydrogen (secondary N) is 4. The summed E-state index contributed by atoms with van der Waals surface area (Å²) in [4.78, 5) is 125. The maximum Gasteiger partial charge on any atom is 0.326 e. The molecule has 1 saturated heterocycles. The number of unbranched alkanes of at least 4 members (excludes halogenated alkanes) is 15. The van der Waals surface area contributed by atoms with Crippen LogP contribution < -0.4 is 21.3 Å². The predicted octanol–water partition coefficient (Wildman–Crippen LogP) is 9.00. The van der Waals surface area contributed by atoms with Crippen LogP contribution in [0.3, 0.4) is 0 Å². The van der Waals surface area contributed by atoms with Gasteiger partial charge >= 0.3 is 5.97 Å². The van der Waals surface area contributed by atoms with Crippen LogP contribution in [0.2, 0.25) is 0 Å². The predicted molar refractivity (Wildman–Crippen MR) is 311 cm³/mol. The van der Waals surface area contributed by atoms with Gasteiger partial charge in [-0.25, -0.2) is 4.79 Å². The third-order valence-electron chi connectivity index (χ3n) is 15.1. The number of carboxylic acids is 1. The molecular weight excluding hydrogens is 1040 g/mol. The minimum atomic E-state index is -1.15. The lowest BCUT2D eigenvalue weighted by atomic mass is 9.84. The molecule has 0 aliphatic carbocycles. The van der Waals surface area contributed by atoms with Crippen molar-refractivity contribution in [3.8, 4) is 0 Å². The van der Waals surface area contributed by atoms with E-state index in [0.717, 1.165) is 32.1 Å². The van der Waals surface area contributed by atoms with Crippen LogP contribution in [0.1, 0.15) is 239 Å². The van der Waals surface area contributed by atoms with E-state index in [2.05, 4.69) is 28.2 Å². The molecular formula is C62H108N4O15. The van der Waals surface area contributed by atoms with Crippen molar-refractivity contribution in [1.29, 1.82) is 0 Å². The number of hydrogen-bond donors (Lipinski definition) is 5. The number of hydrogen-bond acceptors (Lipinski definition) is 14. The number of ether oxygens (including phenoxy) is 4. The van der Waals surface area contributed by atoms with Crippen molar-refractivity contribution >= 4 is 58.5 Å². The molecule has 1 rings (SSSR count). The number of rotatable bonds is 49. The zero-order valence-electron chi connectivity index (χ0n) is 50.3. The number of ketones is 5. The van der Waals surface area contributed by atoms with E-state index in [1.165, 1.54) is 77.6 Å². The van der Waals surface area contributed by atoms with Crippen molar-refractivity contribution in [2.45, 2.75) is 245 Å². The van der Waals surface area contributed by atoms with E-state index in [-0.39, 0.29) is 169 Å². The van der Waals surface area contributed by atoms with Gasteiger partial charge in [0.25, 0.3) is 0 Å². The van der Waals surface area contributed by atoms with Gasteiger partial charge in [-0.2, -0.15) is 0 Å². The van der Waals surface area contributed by atoms with Crippen molar-refractivity contribution in [3.63, 3.8) is 0 Å². The van der Waals surface area contributed by atoms with Crippen LogP contribution >= 0.6 is 0 Å². The van der Waals surface area contributed by atoms with Crippen LogP contribution in [0.5, 0.6) is 0 Å². The quantitative estimate of drug-likeness (QED) is 0.0356. The average Bonchev–Trinajstić information content (AvgIpc) is 3.44. The average molecular weight is 1150 g/mol. The molecule has 1 aliphatic rings. The summed E-state index contributed by atoms with van der Waals surface area (Å²) in [5.41, 5.74) is 0. The van der Waals surface area contributed by atoms with Crippen LogP contribution in [0, 0.1) is 17.8 Å². The summed E-state index contributed by atoms with van der Waals surface area (Å²) in [6, 6.07) is -1.10. The summed E-state index contributed by atoms with van der Waals surface area (Å²) in [5.74, 6) is -3.29. The van der Waals surface area contributed by atoms with Crippen molar-refractivity contribution in [1.82, 2.24) is 21.3 Å². The second-order valence-electron chi connectivity index (χ2n) is 22.1. The fourth-order valence-corrected chi connectivity index (χ4v) is 9.88. The number of amides is 4. The Morgan fingerprint density at radius 2 is 1.15 bits per heavy atom. The lowest BCUT2D eigenvalue weighted by Gasteiger charge is -2.19. The van der Waals surface area contributed by atoms with Crippen LogP contribution in [-0.4, -0.2) is 142 Å². The second-order valence-corrected chi connectivity index (χ2v) is 22.1. The molecule has 0 spiro atoms. The molecule has 4 amide bonds. The van der Waals surface area contributed by atoms with Crippen LogP contribution in [0.4, 0.5) is 0 Å². The molecule has 19 nitrogen and oxygen atoms in total. The monoisotopic (exact) mass is 1150 g/mol. The first-order valence-electron chi connectivity index (χ1n) is 31.4. The molecule has 1 heterocycles. The Balaban J connectivity index is 2.06. The first-order chi connectivity index (χ1) is 39.2. The minimum absolute atomic E-state index is 0.0390. The van der Waals surface area contributed by atoms with E-state index < -0.39 is 17.9 Å². The molecule has 0 aromatic carbocycles. The minimum Gasteiger partial charge on any atom is -0.480 e. The Morgan fingerprint density at radius 1 is 0.568 bits per heavy atom. The maximum atomic E-state index is 13.3. The largest absolute Gasteiger partial charge is 0.480 e. The van der Waals surface area contributed by atoms with Gasteiger partial charge in [-0.15, -0.1) is 0 Å². The zero-order chi connectivity index (χ0) is 59.6. The Labute approximate surface area is 485 Å². The van der Waals surface area contributed by atoms with Gasteiger partial charge < -0.3 is 45.3 Å². The summed E-state index contributed by atoms with van der Waals surface area (Å²) in [6.07, 6.45) is 25.3. The Morgan fingerprint density at radius 3 is 1.75 bits per heavy atom. The van der Waals surface area contributed by atoms with Crippen LogP contribution in [0.15, 0.2) is 0 Å². The molecule has 81 heavy (non-hydrogen) atoms. The SMILES string of the molecule is CCCCCCCCCCCCCCCCCC(=O)NC(CCC(=O)CCCOCCOCC(=O)NCCOCCOCC(=O)NCCCC[C@H](CC)C(=O)CC[C@H]1CCC(=O)NCCCC(=O)CC[C@@H](C(C)=O)CCC1=O)C(=O)O.